The average molecular weight is 344 g/mol. The Hall–Kier alpha value is -2.61. The van der Waals surface area contributed by atoms with Gasteiger partial charge in [0.05, 0.1) is 23.7 Å². The lowest BCUT2D eigenvalue weighted by Crippen LogP contribution is -2.20. The van der Waals surface area contributed by atoms with Crippen molar-refractivity contribution in [1.29, 1.82) is 0 Å². The minimum atomic E-state index is -1.15. The second-order valence-corrected chi connectivity index (χ2v) is 4.52. The van der Waals surface area contributed by atoms with E-state index in [1.165, 1.54) is 19.9 Å². The number of hydrogen-bond acceptors (Lipinski definition) is 7. The molecule has 0 aromatic heterocycles. The van der Waals surface area contributed by atoms with E-state index in [4.69, 9.17) is 11.6 Å². The Labute approximate surface area is 136 Å². The number of benzene rings is 1. The van der Waals surface area contributed by atoms with Gasteiger partial charge in [-0.1, -0.05) is 11.6 Å². The molecule has 8 nitrogen and oxygen atoms in total. The van der Waals surface area contributed by atoms with Crippen molar-refractivity contribution in [1.82, 2.24) is 0 Å². The van der Waals surface area contributed by atoms with E-state index >= 15 is 0 Å². The monoisotopic (exact) mass is 343 g/mol. The molecule has 0 radical (unpaired) electrons. The van der Waals surface area contributed by atoms with Crippen LogP contribution in [0.5, 0.6) is 0 Å². The second kappa shape index (κ2) is 8.14. The quantitative estimate of drug-likeness (QED) is 0.160. The molecule has 1 rings (SSSR count). The number of halogens is 1. The molecular weight excluding hydrogens is 330 g/mol. The highest BCUT2D eigenvalue weighted by Gasteiger charge is 2.30. The number of ether oxygens (including phenoxy) is 2. The number of nitro benzene ring substituents is 1. The summed E-state index contributed by atoms with van der Waals surface area (Å²) >= 11 is 5.76. The van der Waals surface area contributed by atoms with Gasteiger partial charge in [0.15, 0.2) is 11.3 Å². The molecule has 1 aromatic carbocycles. The molecule has 0 bridgehead atoms. The lowest BCUT2D eigenvalue weighted by molar-refractivity contribution is -0.385. The minimum Gasteiger partial charge on any atom is -0.506 e. The number of hydrogen-bond donors (Lipinski definition) is 1. The molecule has 0 saturated heterocycles. The van der Waals surface area contributed by atoms with Crippen LogP contribution in [0, 0.1) is 10.1 Å². The first kappa shape index (κ1) is 18.4. The smallest absolute Gasteiger partial charge is 0.349 e. The van der Waals surface area contributed by atoms with Crippen LogP contribution in [0.3, 0.4) is 0 Å². The Morgan fingerprint density at radius 2 is 1.74 bits per heavy atom. The van der Waals surface area contributed by atoms with Gasteiger partial charge < -0.3 is 14.6 Å². The first-order valence-corrected chi connectivity index (χ1v) is 6.93. The normalized spacial score (nSPS) is 9.87. The largest absolute Gasteiger partial charge is 0.506 e. The maximum absolute atomic E-state index is 11.9. The third-order valence-electron chi connectivity index (χ3n) is 2.61. The standard InChI is InChI=1S/C14H14ClNO7/c1-3-22-13(18)11(14(19)23-4-2)12(17)9-7-8(15)5-6-10(9)16(20)21/h5-7,17H,3-4H2,1-2H3. The fourth-order valence-corrected chi connectivity index (χ4v) is 1.85. The van der Waals surface area contributed by atoms with Crippen molar-refractivity contribution in [2.24, 2.45) is 0 Å². The van der Waals surface area contributed by atoms with Crippen molar-refractivity contribution in [3.05, 3.63) is 44.5 Å². The Morgan fingerprint density at radius 1 is 1.22 bits per heavy atom. The van der Waals surface area contributed by atoms with E-state index in [2.05, 4.69) is 9.47 Å². The van der Waals surface area contributed by atoms with Crippen molar-refractivity contribution in [2.75, 3.05) is 13.2 Å². The maximum Gasteiger partial charge on any atom is 0.349 e. The molecule has 0 aliphatic carbocycles. The molecule has 0 aliphatic rings. The summed E-state index contributed by atoms with van der Waals surface area (Å²) in [5.74, 6) is -3.24. The third-order valence-corrected chi connectivity index (χ3v) is 2.84. The summed E-state index contributed by atoms with van der Waals surface area (Å²) in [5.41, 5.74) is -1.75. The molecule has 0 spiro atoms. The van der Waals surface area contributed by atoms with E-state index < -0.39 is 39.4 Å². The molecule has 0 heterocycles. The van der Waals surface area contributed by atoms with Crippen molar-refractivity contribution in [2.45, 2.75) is 13.8 Å². The number of aliphatic hydroxyl groups excluding tert-OH is 1. The molecule has 0 unspecified atom stereocenters. The average Bonchev–Trinajstić information content (AvgIpc) is 2.47. The number of esters is 2. The summed E-state index contributed by atoms with van der Waals surface area (Å²) in [5, 5.41) is 21.4. The molecular formula is C14H14ClNO7. The lowest BCUT2D eigenvalue weighted by atomic mass is 10.1. The van der Waals surface area contributed by atoms with E-state index in [-0.39, 0.29) is 18.2 Å². The Bertz CT molecular complexity index is 649. The first-order valence-electron chi connectivity index (χ1n) is 6.55. The zero-order chi connectivity index (χ0) is 17.6. The predicted octanol–water partition coefficient (Wildman–Crippen LogP) is 2.64. The van der Waals surface area contributed by atoms with Crippen LogP contribution in [-0.2, 0) is 19.1 Å². The van der Waals surface area contributed by atoms with Gasteiger partial charge >= 0.3 is 11.9 Å². The molecule has 23 heavy (non-hydrogen) atoms. The topological polar surface area (TPSA) is 116 Å². The van der Waals surface area contributed by atoms with Crippen LogP contribution in [0.1, 0.15) is 19.4 Å². The molecule has 124 valence electrons. The number of carbonyl (C=O) groups is 2. The molecule has 9 heteroatoms. The van der Waals surface area contributed by atoms with Crippen molar-refractivity contribution < 1.29 is 29.1 Å². The summed E-state index contributed by atoms with van der Waals surface area (Å²) in [6, 6.07) is 3.35. The number of nitro groups is 1. The maximum atomic E-state index is 11.9. The van der Waals surface area contributed by atoms with Gasteiger partial charge in [-0.15, -0.1) is 0 Å². The second-order valence-electron chi connectivity index (χ2n) is 4.08. The van der Waals surface area contributed by atoms with Gasteiger partial charge in [-0.05, 0) is 26.0 Å². The lowest BCUT2D eigenvalue weighted by Gasteiger charge is -2.10. The highest BCUT2D eigenvalue weighted by atomic mass is 35.5. The van der Waals surface area contributed by atoms with E-state index in [0.717, 1.165) is 12.1 Å². The van der Waals surface area contributed by atoms with Gasteiger partial charge in [0, 0.05) is 11.1 Å². The van der Waals surface area contributed by atoms with Gasteiger partial charge in [0.1, 0.15) is 0 Å². The molecule has 0 fully saturated rings. The number of aliphatic hydroxyl groups is 1. The molecule has 0 amide bonds. The van der Waals surface area contributed by atoms with E-state index in [1.54, 1.807) is 0 Å². The summed E-state index contributed by atoms with van der Waals surface area (Å²) < 4.78 is 9.37. The number of carbonyl (C=O) groups excluding carboxylic acids is 2. The van der Waals surface area contributed by atoms with E-state index in [0.29, 0.717) is 0 Å². The van der Waals surface area contributed by atoms with Crippen LogP contribution in [0.25, 0.3) is 5.76 Å². The molecule has 1 aromatic rings. The summed E-state index contributed by atoms with van der Waals surface area (Å²) in [6.07, 6.45) is 0. The highest BCUT2D eigenvalue weighted by molar-refractivity contribution is 6.31. The fraction of sp³-hybridized carbons (Fsp3) is 0.286. The van der Waals surface area contributed by atoms with Gasteiger partial charge in [-0.2, -0.15) is 0 Å². The third kappa shape index (κ3) is 4.43. The Kier molecular flexibility index (Phi) is 6.52. The molecule has 0 aliphatic heterocycles. The minimum absolute atomic E-state index is 0.0628. The number of nitrogens with zero attached hydrogens (tertiary/aromatic N) is 1. The van der Waals surface area contributed by atoms with Crippen LogP contribution >= 0.6 is 11.6 Å². The summed E-state index contributed by atoms with van der Waals surface area (Å²) in [7, 11) is 0. The van der Waals surface area contributed by atoms with Gasteiger partial charge in [0.2, 0.25) is 0 Å². The van der Waals surface area contributed by atoms with Crippen molar-refractivity contribution in [3.63, 3.8) is 0 Å². The predicted molar refractivity (Wildman–Crippen MR) is 80.9 cm³/mol. The molecule has 0 atom stereocenters. The summed E-state index contributed by atoms with van der Waals surface area (Å²) in [6.45, 7) is 2.87. The first-order chi connectivity index (χ1) is 10.8. The van der Waals surface area contributed by atoms with Crippen molar-refractivity contribution in [3.8, 4) is 0 Å². The van der Waals surface area contributed by atoms with Gasteiger partial charge in [0.25, 0.3) is 5.69 Å². The van der Waals surface area contributed by atoms with Gasteiger partial charge in [-0.3, -0.25) is 10.1 Å². The van der Waals surface area contributed by atoms with Crippen LogP contribution in [-0.4, -0.2) is 35.2 Å². The zero-order valence-electron chi connectivity index (χ0n) is 12.4. The van der Waals surface area contributed by atoms with E-state index in [9.17, 15) is 24.8 Å². The van der Waals surface area contributed by atoms with Crippen LogP contribution in [0.2, 0.25) is 5.02 Å². The van der Waals surface area contributed by atoms with Crippen LogP contribution in [0.15, 0.2) is 23.8 Å². The molecule has 1 N–H and O–H groups in total. The number of rotatable bonds is 6. The van der Waals surface area contributed by atoms with E-state index in [1.807, 2.05) is 0 Å². The van der Waals surface area contributed by atoms with Crippen LogP contribution < -0.4 is 0 Å². The SMILES string of the molecule is CCOC(=O)C(C(=O)OCC)=C(O)c1cc(Cl)ccc1[N+](=O)[O-]. The zero-order valence-corrected chi connectivity index (χ0v) is 13.1. The summed E-state index contributed by atoms with van der Waals surface area (Å²) in [4.78, 5) is 34.1. The highest BCUT2D eigenvalue weighted by Crippen LogP contribution is 2.30. The molecule has 0 saturated carbocycles. The Morgan fingerprint density at radius 3 is 2.17 bits per heavy atom. The van der Waals surface area contributed by atoms with Crippen LogP contribution in [0.4, 0.5) is 5.69 Å². The fourth-order valence-electron chi connectivity index (χ4n) is 1.68. The Balaban J connectivity index is 3.57. The van der Waals surface area contributed by atoms with Crippen molar-refractivity contribution >= 4 is 35.0 Å². The van der Waals surface area contributed by atoms with Gasteiger partial charge in [-0.25, -0.2) is 9.59 Å².